The molecule has 0 unspecified atom stereocenters. The summed E-state index contributed by atoms with van der Waals surface area (Å²) >= 11 is 0. The summed E-state index contributed by atoms with van der Waals surface area (Å²) in [6, 6.07) is 8.31. The second kappa shape index (κ2) is 14.9. The molecule has 0 heterocycles. The maximum atomic E-state index is 11.5. The van der Waals surface area contributed by atoms with Gasteiger partial charge in [0.25, 0.3) is 0 Å². The quantitative estimate of drug-likeness (QED) is 0.0842. The highest BCUT2D eigenvalue weighted by molar-refractivity contribution is 5.99. The number of carbonyl (C=O) groups is 2. The Hall–Kier alpha value is -3.07. The van der Waals surface area contributed by atoms with E-state index in [0.717, 1.165) is 30.0 Å². The van der Waals surface area contributed by atoms with Crippen LogP contribution in [0.1, 0.15) is 52.5 Å². The number of aliphatic carboxylic acids is 1. The van der Waals surface area contributed by atoms with Gasteiger partial charge in [-0.05, 0) is 71.2 Å². The van der Waals surface area contributed by atoms with Crippen molar-refractivity contribution in [2.75, 3.05) is 20.3 Å². The van der Waals surface area contributed by atoms with Crippen LogP contribution in [0.2, 0.25) is 0 Å². The van der Waals surface area contributed by atoms with E-state index in [1.807, 2.05) is 38.1 Å². The van der Waals surface area contributed by atoms with Crippen molar-refractivity contribution in [2.24, 2.45) is 4.99 Å². The van der Waals surface area contributed by atoms with Crippen LogP contribution in [0.3, 0.4) is 0 Å². The number of unbranched alkanes of at least 4 members (excludes halogenated alkanes) is 2. The van der Waals surface area contributed by atoms with Gasteiger partial charge in [-0.15, -0.1) is 0 Å². The van der Waals surface area contributed by atoms with Gasteiger partial charge >= 0.3 is 11.9 Å². The van der Waals surface area contributed by atoms with E-state index in [4.69, 9.17) is 14.7 Å². The van der Waals surface area contributed by atoms with E-state index in [1.54, 1.807) is 0 Å². The summed E-state index contributed by atoms with van der Waals surface area (Å²) in [6.45, 7) is 8.98. The van der Waals surface area contributed by atoms with Crippen LogP contribution in [-0.4, -0.2) is 55.3 Å². The van der Waals surface area contributed by atoms with Gasteiger partial charge in [-0.25, -0.2) is 9.59 Å². The Morgan fingerprint density at radius 1 is 1.06 bits per heavy atom. The molecule has 0 amide bonds. The lowest BCUT2D eigenvalue weighted by Crippen LogP contribution is -2.31. The van der Waals surface area contributed by atoms with Crippen molar-refractivity contribution in [1.29, 1.82) is 0 Å². The number of hydrogen-bond donors (Lipinski definition) is 2. The van der Waals surface area contributed by atoms with Crippen molar-refractivity contribution in [3.63, 3.8) is 0 Å². The fourth-order valence-corrected chi connectivity index (χ4v) is 2.52. The molecule has 0 spiro atoms. The number of ether oxygens (including phenoxy) is 2. The minimum atomic E-state index is -1.32. The van der Waals surface area contributed by atoms with Gasteiger partial charge in [-0.2, -0.15) is 4.89 Å². The summed E-state index contributed by atoms with van der Waals surface area (Å²) in [5, 5.41) is 12.0. The molecule has 1 aromatic rings. The average Bonchev–Trinajstić information content (AvgIpc) is 2.72. The van der Waals surface area contributed by atoms with Gasteiger partial charge in [0.2, 0.25) is 5.76 Å². The summed E-state index contributed by atoms with van der Waals surface area (Å²) in [6.07, 6.45) is 2.86. The molecule has 2 N–H and O–H groups in total. The van der Waals surface area contributed by atoms with Crippen molar-refractivity contribution in [3.05, 3.63) is 41.7 Å². The van der Waals surface area contributed by atoms with Gasteiger partial charge in [-0.3, -0.25) is 9.88 Å². The Labute approximate surface area is 189 Å². The molecule has 0 saturated carbocycles. The van der Waals surface area contributed by atoms with Gasteiger partial charge in [0.1, 0.15) is 11.6 Å². The Kier molecular flexibility index (Phi) is 12.5. The Balaban J connectivity index is 2.30. The van der Waals surface area contributed by atoms with E-state index >= 15 is 0 Å². The first kappa shape index (κ1) is 27.0. The van der Waals surface area contributed by atoms with Crippen molar-refractivity contribution in [3.8, 4) is 5.75 Å². The van der Waals surface area contributed by atoms with E-state index in [-0.39, 0.29) is 12.6 Å². The molecule has 1 rings (SSSR count). The fraction of sp³-hybridized carbons (Fsp3) is 0.522. The minimum Gasteiger partial charge on any atom is -0.494 e. The van der Waals surface area contributed by atoms with E-state index in [2.05, 4.69) is 33.8 Å². The van der Waals surface area contributed by atoms with Gasteiger partial charge in [0.15, 0.2) is 0 Å². The smallest absolute Gasteiger partial charge is 0.407 e. The second-order valence-electron chi connectivity index (χ2n) is 7.55. The number of aliphatic imine (C=N–C) groups is 1. The van der Waals surface area contributed by atoms with Crippen LogP contribution in [0.5, 0.6) is 5.75 Å². The highest BCUT2D eigenvalue weighted by Gasteiger charge is 2.14. The maximum Gasteiger partial charge on any atom is 0.407 e. The molecule has 0 aromatic heterocycles. The molecule has 9 heteroatoms. The summed E-state index contributed by atoms with van der Waals surface area (Å²) in [7, 11) is 1.17. The summed E-state index contributed by atoms with van der Waals surface area (Å²) in [5.74, 6) is -1.10. The lowest BCUT2D eigenvalue weighted by molar-refractivity contribution is -0.271. The molecular formula is C23H34N2O7. The second-order valence-corrected chi connectivity index (χ2v) is 7.55. The third kappa shape index (κ3) is 11.4. The van der Waals surface area contributed by atoms with Crippen molar-refractivity contribution < 1.29 is 33.9 Å². The van der Waals surface area contributed by atoms with Gasteiger partial charge in [0.05, 0.1) is 26.4 Å². The Morgan fingerprint density at radius 2 is 1.72 bits per heavy atom. The molecular weight excluding hydrogens is 416 g/mol. The largest absolute Gasteiger partial charge is 0.494 e. The lowest BCUT2D eigenvalue weighted by Gasteiger charge is -2.15. The van der Waals surface area contributed by atoms with Crippen molar-refractivity contribution in [2.45, 2.75) is 59.0 Å². The summed E-state index contributed by atoms with van der Waals surface area (Å²) in [4.78, 5) is 36.0. The summed E-state index contributed by atoms with van der Waals surface area (Å²) < 4.78 is 10.4. The summed E-state index contributed by atoms with van der Waals surface area (Å²) in [5.41, 5.74) is 1.02. The third-order valence-corrected chi connectivity index (χ3v) is 3.89. The monoisotopic (exact) mass is 450 g/mol. The lowest BCUT2D eigenvalue weighted by atomic mass is 10.1. The first-order valence-corrected chi connectivity index (χ1v) is 10.6. The molecule has 0 atom stereocenters. The molecule has 0 radical (unpaired) electrons. The number of amidine groups is 1. The van der Waals surface area contributed by atoms with E-state index in [9.17, 15) is 9.59 Å². The fourth-order valence-electron chi connectivity index (χ4n) is 2.52. The van der Waals surface area contributed by atoms with E-state index in [1.165, 1.54) is 7.11 Å². The predicted molar refractivity (Wildman–Crippen MR) is 121 cm³/mol. The highest BCUT2D eigenvalue weighted by atomic mass is 17.2. The normalized spacial score (nSPS) is 12.1. The first-order chi connectivity index (χ1) is 15.2. The molecule has 32 heavy (non-hydrogen) atoms. The average molecular weight is 451 g/mol. The number of nitrogens with zero attached hydrogens (tertiary/aromatic N) is 1. The SMILES string of the molecule is CO/C(=C\C(=O)O)C(=O)OOCCCCCOc1ccc(C(=NC(C)C)NC(C)C)cc1. The molecule has 0 aliphatic carbocycles. The molecule has 0 fully saturated rings. The first-order valence-electron chi connectivity index (χ1n) is 10.6. The zero-order valence-corrected chi connectivity index (χ0v) is 19.4. The number of carboxylic acid groups (broad SMARTS) is 1. The number of carboxylic acids is 1. The molecule has 1 aromatic carbocycles. The number of nitrogens with one attached hydrogen (secondary N) is 1. The number of carbonyl (C=O) groups excluding carboxylic acids is 1. The molecule has 178 valence electrons. The van der Waals surface area contributed by atoms with Crippen LogP contribution in [0.4, 0.5) is 0 Å². The minimum absolute atomic E-state index is 0.186. The molecule has 0 aliphatic rings. The van der Waals surface area contributed by atoms with E-state index < -0.39 is 17.7 Å². The Morgan fingerprint density at radius 3 is 2.28 bits per heavy atom. The Bertz CT molecular complexity index is 771. The van der Waals surface area contributed by atoms with Crippen LogP contribution >= 0.6 is 0 Å². The molecule has 0 bridgehead atoms. The van der Waals surface area contributed by atoms with Crippen LogP contribution in [0.25, 0.3) is 0 Å². The number of hydrogen-bond acceptors (Lipinski definition) is 7. The number of benzene rings is 1. The van der Waals surface area contributed by atoms with Crippen LogP contribution < -0.4 is 10.1 Å². The van der Waals surface area contributed by atoms with Crippen LogP contribution in [0, 0.1) is 0 Å². The topological polar surface area (TPSA) is 116 Å². The zero-order chi connectivity index (χ0) is 23.9. The van der Waals surface area contributed by atoms with E-state index in [0.29, 0.717) is 25.1 Å². The van der Waals surface area contributed by atoms with Gasteiger partial charge in [-0.1, -0.05) is 0 Å². The maximum absolute atomic E-state index is 11.5. The molecule has 0 aliphatic heterocycles. The van der Waals surface area contributed by atoms with Gasteiger partial charge < -0.3 is 19.9 Å². The standard InChI is InChI=1S/C23H34N2O7/c1-16(2)24-22(25-17(3)4)18-9-11-19(12-10-18)30-13-7-6-8-14-31-32-23(28)20(29-5)15-21(26)27/h9-12,15-17H,6-8,13-14H2,1-5H3,(H,24,25)(H,26,27)/b20-15-. The van der Waals surface area contributed by atoms with Crippen molar-refractivity contribution >= 4 is 17.8 Å². The molecule has 0 saturated heterocycles. The number of rotatable bonds is 14. The van der Waals surface area contributed by atoms with Crippen molar-refractivity contribution in [1.82, 2.24) is 5.32 Å². The van der Waals surface area contributed by atoms with Crippen LogP contribution in [0.15, 0.2) is 41.1 Å². The number of methoxy groups -OCH3 is 1. The third-order valence-electron chi connectivity index (χ3n) is 3.89. The highest BCUT2D eigenvalue weighted by Crippen LogP contribution is 2.14. The zero-order valence-electron chi connectivity index (χ0n) is 19.4. The van der Waals surface area contributed by atoms with Gasteiger partial charge in [0, 0.05) is 17.6 Å². The van der Waals surface area contributed by atoms with Crippen LogP contribution in [-0.2, 0) is 24.1 Å². The predicted octanol–water partition coefficient (Wildman–Crippen LogP) is 3.48. The molecule has 9 nitrogen and oxygen atoms in total.